The van der Waals surface area contributed by atoms with E-state index in [9.17, 15) is 19.7 Å². The Bertz CT molecular complexity index is 516. The number of nitro groups is 1. The molecule has 0 bridgehead atoms. The third kappa shape index (κ3) is 3.95. The van der Waals surface area contributed by atoms with Crippen LogP contribution in [0.5, 0.6) is 0 Å². The Morgan fingerprint density at radius 2 is 2.16 bits per heavy atom. The van der Waals surface area contributed by atoms with Crippen molar-refractivity contribution >= 4 is 29.4 Å². The second-order valence-electron chi connectivity index (χ2n) is 3.39. The van der Waals surface area contributed by atoms with Crippen molar-refractivity contribution in [3.05, 3.63) is 33.9 Å². The zero-order valence-corrected chi connectivity index (χ0v) is 10.8. The fraction of sp³-hybridized carbons (Fsp3) is 0.273. The van der Waals surface area contributed by atoms with Crippen molar-refractivity contribution in [3.63, 3.8) is 0 Å². The maximum Gasteiger partial charge on any atom is 0.342 e. The minimum Gasteiger partial charge on any atom is -0.477 e. The smallest absolute Gasteiger partial charge is 0.342 e. The molecular weight excluding hydrogens is 274 g/mol. The van der Waals surface area contributed by atoms with Crippen LogP contribution in [0.1, 0.15) is 16.8 Å². The molecule has 0 heterocycles. The Morgan fingerprint density at radius 3 is 2.68 bits per heavy atom. The number of methoxy groups -OCH3 is 1. The van der Waals surface area contributed by atoms with Gasteiger partial charge in [0.25, 0.3) is 5.69 Å². The van der Waals surface area contributed by atoms with Gasteiger partial charge in [0, 0.05) is 5.75 Å². The van der Waals surface area contributed by atoms with Crippen molar-refractivity contribution in [2.45, 2.75) is 11.3 Å². The average molecular weight is 285 g/mol. The number of esters is 1. The van der Waals surface area contributed by atoms with Gasteiger partial charge in [0.15, 0.2) is 0 Å². The van der Waals surface area contributed by atoms with Crippen LogP contribution in [-0.2, 0) is 9.53 Å². The van der Waals surface area contributed by atoms with E-state index >= 15 is 0 Å². The second kappa shape index (κ2) is 6.74. The molecule has 0 aliphatic carbocycles. The molecule has 0 radical (unpaired) electrons. The molecule has 0 aliphatic rings. The molecule has 102 valence electrons. The Balaban J connectivity index is 2.94. The lowest BCUT2D eigenvalue weighted by Crippen LogP contribution is -2.05. The molecule has 7 nitrogen and oxygen atoms in total. The number of thioether (sulfide) groups is 1. The Kier molecular flexibility index (Phi) is 5.31. The number of nitrogens with zero attached hydrogens (tertiary/aromatic N) is 1. The van der Waals surface area contributed by atoms with Crippen LogP contribution >= 0.6 is 11.8 Å². The van der Waals surface area contributed by atoms with Crippen LogP contribution in [-0.4, -0.2) is 34.8 Å². The van der Waals surface area contributed by atoms with Gasteiger partial charge >= 0.3 is 11.9 Å². The van der Waals surface area contributed by atoms with Gasteiger partial charge in [-0.1, -0.05) is 6.07 Å². The van der Waals surface area contributed by atoms with Crippen molar-refractivity contribution in [1.82, 2.24) is 0 Å². The molecule has 0 saturated carbocycles. The van der Waals surface area contributed by atoms with Crippen LogP contribution in [0.3, 0.4) is 0 Å². The van der Waals surface area contributed by atoms with Gasteiger partial charge in [0.1, 0.15) is 5.56 Å². The number of hydrogen-bond acceptors (Lipinski definition) is 6. The van der Waals surface area contributed by atoms with Gasteiger partial charge < -0.3 is 9.84 Å². The summed E-state index contributed by atoms with van der Waals surface area (Å²) in [4.78, 5) is 32.3. The summed E-state index contributed by atoms with van der Waals surface area (Å²) in [5.74, 6) is -1.51. The van der Waals surface area contributed by atoms with Crippen LogP contribution in [0.25, 0.3) is 0 Å². The molecule has 0 aromatic heterocycles. The number of para-hydroxylation sites is 1. The average Bonchev–Trinajstić information content (AvgIpc) is 2.37. The van der Waals surface area contributed by atoms with E-state index < -0.39 is 22.5 Å². The van der Waals surface area contributed by atoms with E-state index in [2.05, 4.69) is 4.74 Å². The van der Waals surface area contributed by atoms with Gasteiger partial charge in [-0.2, -0.15) is 0 Å². The number of carbonyl (C=O) groups is 2. The molecule has 1 rings (SSSR count). The summed E-state index contributed by atoms with van der Waals surface area (Å²) in [5.41, 5.74) is -0.821. The van der Waals surface area contributed by atoms with Gasteiger partial charge in [-0.3, -0.25) is 14.9 Å². The first-order chi connectivity index (χ1) is 8.97. The van der Waals surface area contributed by atoms with Gasteiger partial charge in [-0.05, 0) is 12.1 Å². The topological polar surface area (TPSA) is 107 Å². The van der Waals surface area contributed by atoms with Crippen LogP contribution in [0.15, 0.2) is 23.1 Å². The van der Waals surface area contributed by atoms with Crippen molar-refractivity contribution in [1.29, 1.82) is 0 Å². The lowest BCUT2D eigenvalue weighted by molar-refractivity contribution is -0.388. The second-order valence-corrected chi connectivity index (χ2v) is 4.53. The lowest BCUT2D eigenvalue weighted by Gasteiger charge is -2.04. The minimum atomic E-state index is -1.36. The van der Waals surface area contributed by atoms with Crippen molar-refractivity contribution < 1.29 is 24.4 Å². The zero-order chi connectivity index (χ0) is 14.4. The third-order valence-corrected chi connectivity index (χ3v) is 3.25. The van der Waals surface area contributed by atoms with E-state index in [-0.39, 0.29) is 22.6 Å². The predicted octanol–water partition coefficient (Wildman–Crippen LogP) is 1.95. The summed E-state index contributed by atoms with van der Waals surface area (Å²) >= 11 is 1.04. The molecule has 0 fully saturated rings. The first-order valence-electron chi connectivity index (χ1n) is 5.17. The number of benzene rings is 1. The molecule has 8 heteroatoms. The molecule has 0 spiro atoms. The third-order valence-electron chi connectivity index (χ3n) is 2.20. The number of nitro benzene ring substituents is 1. The van der Waals surface area contributed by atoms with Crippen LogP contribution in [0, 0.1) is 10.1 Å². The van der Waals surface area contributed by atoms with Gasteiger partial charge in [0.2, 0.25) is 0 Å². The monoisotopic (exact) mass is 285 g/mol. The molecule has 19 heavy (non-hydrogen) atoms. The summed E-state index contributed by atoms with van der Waals surface area (Å²) in [7, 11) is 1.25. The highest BCUT2D eigenvalue weighted by Gasteiger charge is 2.24. The Hall–Kier alpha value is -2.09. The quantitative estimate of drug-likeness (QED) is 0.368. The maximum absolute atomic E-state index is 10.9. The van der Waals surface area contributed by atoms with E-state index in [1.807, 2.05) is 0 Å². The van der Waals surface area contributed by atoms with Gasteiger partial charge in [-0.25, -0.2) is 4.79 Å². The number of hydrogen-bond donors (Lipinski definition) is 1. The number of rotatable bonds is 6. The van der Waals surface area contributed by atoms with E-state index in [0.29, 0.717) is 0 Å². The summed E-state index contributed by atoms with van der Waals surface area (Å²) < 4.78 is 4.45. The van der Waals surface area contributed by atoms with Crippen LogP contribution in [0.2, 0.25) is 0 Å². The minimum absolute atomic E-state index is 0.0929. The van der Waals surface area contributed by atoms with Crippen molar-refractivity contribution in [2.24, 2.45) is 0 Å². The van der Waals surface area contributed by atoms with Gasteiger partial charge in [0.05, 0.1) is 23.3 Å². The molecule has 1 aromatic carbocycles. The SMILES string of the molecule is COC(=O)CCSc1cccc(C(=O)O)c1[N+](=O)[O-]. The number of ether oxygens (including phenoxy) is 1. The molecule has 1 aromatic rings. The van der Waals surface area contributed by atoms with Gasteiger partial charge in [-0.15, -0.1) is 11.8 Å². The van der Waals surface area contributed by atoms with Crippen LogP contribution < -0.4 is 0 Å². The molecular formula is C11H11NO6S. The Morgan fingerprint density at radius 1 is 1.47 bits per heavy atom. The largest absolute Gasteiger partial charge is 0.477 e. The molecule has 0 amide bonds. The van der Waals surface area contributed by atoms with Crippen molar-refractivity contribution in [3.8, 4) is 0 Å². The number of carboxylic acid groups (broad SMARTS) is 1. The molecule has 0 unspecified atom stereocenters. The summed E-state index contributed by atoms with van der Waals surface area (Å²) in [6.07, 6.45) is 0.0929. The maximum atomic E-state index is 10.9. The summed E-state index contributed by atoms with van der Waals surface area (Å²) in [5, 5.41) is 19.8. The van der Waals surface area contributed by atoms with Crippen molar-refractivity contribution in [2.75, 3.05) is 12.9 Å². The first kappa shape index (κ1) is 15.0. The lowest BCUT2D eigenvalue weighted by atomic mass is 10.2. The standard InChI is InChI=1S/C11H11NO6S/c1-18-9(13)5-6-19-8-4-2-3-7(11(14)15)10(8)12(16)17/h2-4H,5-6H2,1H3,(H,14,15). The predicted molar refractivity (Wildman–Crippen MR) is 67.4 cm³/mol. The fourth-order valence-electron chi connectivity index (χ4n) is 1.35. The highest BCUT2D eigenvalue weighted by atomic mass is 32.2. The normalized spacial score (nSPS) is 9.95. The molecule has 0 saturated heterocycles. The molecule has 1 N–H and O–H groups in total. The van der Waals surface area contributed by atoms with E-state index in [4.69, 9.17) is 5.11 Å². The highest BCUT2D eigenvalue weighted by Crippen LogP contribution is 2.32. The van der Waals surface area contributed by atoms with E-state index in [1.165, 1.54) is 25.3 Å². The summed E-state index contributed by atoms with van der Waals surface area (Å²) in [6.45, 7) is 0. The van der Waals surface area contributed by atoms with Crippen LogP contribution in [0.4, 0.5) is 5.69 Å². The number of aromatic carboxylic acids is 1. The number of carbonyl (C=O) groups excluding carboxylic acids is 1. The zero-order valence-electron chi connectivity index (χ0n) is 9.99. The van der Waals surface area contributed by atoms with E-state index in [0.717, 1.165) is 11.8 Å². The molecule has 0 atom stereocenters. The van der Waals surface area contributed by atoms with E-state index in [1.54, 1.807) is 0 Å². The molecule has 0 aliphatic heterocycles. The first-order valence-corrected chi connectivity index (χ1v) is 6.16. The summed E-state index contributed by atoms with van der Waals surface area (Å²) in [6, 6.07) is 4.05. The number of carboxylic acids is 1. The Labute approximate surface area is 112 Å². The fourth-order valence-corrected chi connectivity index (χ4v) is 2.33. The highest BCUT2D eigenvalue weighted by molar-refractivity contribution is 7.99.